The van der Waals surface area contributed by atoms with Crippen molar-refractivity contribution in [3.05, 3.63) is 0 Å². The summed E-state index contributed by atoms with van der Waals surface area (Å²) in [5, 5.41) is 11.7. The maximum absolute atomic E-state index is 10.2. The van der Waals surface area contributed by atoms with Crippen LogP contribution in [0.3, 0.4) is 0 Å². The third kappa shape index (κ3) is 3.98. The number of carbonyl (C=O) groups is 1. The van der Waals surface area contributed by atoms with Crippen LogP contribution >= 0.6 is 0 Å². The van der Waals surface area contributed by atoms with Crippen LogP contribution in [-0.2, 0) is 4.79 Å². The van der Waals surface area contributed by atoms with Crippen LogP contribution < -0.4 is 5.32 Å². The second-order valence-electron chi connectivity index (χ2n) is 3.27. The van der Waals surface area contributed by atoms with Crippen molar-refractivity contribution >= 4 is 5.97 Å². The first-order valence-electron chi connectivity index (χ1n) is 4.16. The van der Waals surface area contributed by atoms with Crippen molar-refractivity contribution in [3.8, 4) is 0 Å². The number of nitrogens with one attached hydrogen (secondary N) is 1. The summed E-state index contributed by atoms with van der Waals surface area (Å²) in [4.78, 5) is 10.2. The van der Waals surface area contributed by atoms with Gasteiger partial charge in [-0.25, -0.2) is 0 Å². The van der Waals surface area contributed by atoms with E-state index in [1.54, 1.807) is 0 Å². The highest BCUT2D eigenvalue weighted by Crippen LogP contribution is 2.19. The van der Waals surface area contributed by atoms with Gasteiger partial charge in [0.25, 0.3) is 0 Å². The van der Waals surface area contributed by atoms with Crippen molar-refractivity contribution in [3.63, 3.8) is 0 Å². The molecule has 0 aromatic heterocycles. The van der Waals surface area contributed by atoms with Gasteiger partial charge in [-0.05, 0) is 26.2 Å². The molecule has 1 aliphatic rings. The Morgan fingerprint density at radius 2 is 2.36 bits per heavy atom. The summed E-state index contributed by atoms with van der Waals surface area (Å²) in [5.74, 6) is -0.700. The molecule has 1 rings (SSSR count). The van der Waals surface area contributed by atoms with E-state index in [9.17, 15) is 4.79 Å². The van der Waals surface area contributed by atoms with E-state index in [0.29, 0.717) is 12.1 Å². The lowest BCUT2D eigenvalue weighted by atomic mass is 10.2. The molecule has 1 unspecified atom stereocenters. The zero-order valence-corrected chi connectivity index (χ0v) is 6.84. The zero-order chi connectivity index (χ0) is 8.27. The largest absolute Gasteiger partial charge is 0.481 e. The first kappa shape index (κ1) is 8.53. The quantitative estimate of drug-likeness (QED) is 0.625. The van der Waals surface area contributed by atoms with Crippen molar-refractivity contribution in [2.24, 2.45) is 0 Å². The van der Waals surface area contributed by atoms with Crippen molar-refractivity contribution < 1.29 is 9.90 Å². The first-order chi connectivity index (χ1) is 5.18. The van der Waals surface area contributed by atoms with Crippen LogP contribution in [0.2, 0.25) is 0 Å². The van der Waals surface area contributed by atoms with Crippen LogP contribution in [0, 0.1) is 0 Å². The lowest BCUT2D eigenvalue weighted by molar-refractivity contribution is -0.137. The van der Waals surface area contributed by atoms with Gasteiger partial charge in [0.1, 0.15) is 0 Å². The molecule has 0 aromatic rings. The number of hydrogen-bond acceptors (Lipinski definition) is 2. The number of aliphatic carboxylic acids is 1. The van der Waals surface area contributed by atoms with Gasteiger partial charge >= 0.3 is 5.97 Å². The summed E-state index contributed by atoms with van der Waals surface area (Å²) >= 11 is 0. The molecule has 2 N–H and O–H groups in total. The minimum Gasteiger partial charge on any atom is -0.481 e. The highest BCUT2D eigenvalue weighted by molar-refractivity contribution is 5.66. The number of carboxylic acids is 1. The van der Waals surface area contributed by atoms with Gasteiger partial charge < -0.3 is 10.4 Å². The highest BCUT2D eigenvalue weighted by atomic mass is 16.4. The molecular weight excluding hydrogens is 142 g/mol. The summed E-state index contributed by atoms with van der Waals surface area (Å²) in [5.41, 5.74) is 0. The fraction of sp³-hybridized carbons (Fsp3) is 0.875. The number of rotatable bonds is 5. The second-order valence-corrected chi connectivity index (χ2v) is 3.27. The molecule has 0 amide bonds. The standard InChI is InChI=1S/C8H15NO2/c1-6(2-5-8(10)11)9-7-3-4-7/h6-7,9H,2-5H2,1H3,(H,10,11). The third-order valence-electron chi connectivity index (χ3n) is 1.89. The second kappa shape index (κ2) is 3.72. The molecule has 1 fully saturated rings. The normalized spacial score (nSPS) is 19.7. The predicted octanol–water partition coefficient (Wildman–Crippen LogP) is 0.992. The average Bonchev–Trinajstić information content (AvgIpc) is 2.67. The van der Waals surface area contributed by atoms with Gasteiger partial charge in [0, 0.05) is 18.5 Å². The molecule has 0 aliphatic heterocycles. The molecule has 0 heterocycles. The number of hydrogen-bond donors (Lipinski definition) is 2. The maximum Gasteiger partial charge on any atom is 0.303 e. The van der Waals surface area contributed by atoms with Crippen LogP contribution in [0.5, 0.6) is 0 Å². The van der Waals surface area contributed by atoms with Crippen LogP contribution in [0.1, 0.15) is 32.6 Å². The SMILES string of the molecule is CC(CCC(=O)O)NC1CC1. The molecule has 1 atom stereocenters. The van der Waals surface area contributed by atoms with E-state index in [-0.39, 0.29) is 6.42 Å². The fourth-order valence-corrected chi connectivity index (χ4v) is 1.08. The molecule has 0 aromatic carbocycles. The molecule has 1 aliphatic carbocycles. The van der Waals surface area contributed by atoms with E-state index < -0.39 is 5.97 Å². The molecule has 0 saturated heterocycles. The zero-order valence-electron chi connectivity index (χ0n) is 6.84. The molecule has 0 radical (unpaired) electrons. The van der Waals surface area contributed by atoms with Gasteiger partial charge in [-0.2, -0.15) is 0 Å². The Hall–Kier alpha value is -0.570. The highest BCUT2D eigenvalue weighted by Gasteiger charge is 2.22. The Morgan fingerprint density at radius 1 is 1.73 bits per heavy atom. The molecule has 11 heavy (non-hydrogen) atoms. The van der Waals surface area contributed by atoms with Gasteiger partial charge in [-0.15, -0.1) is 0 Å². The minimum absolute atomic E-state index is 0.279. The van der Waals surface area contributed by atoms with Crippen molar-refractivity contribution in [2.75, 3.05) is 0 Å². The van der Waals surface area contributed by atoms with Gasteiger partial charge in [0.15, 0.2) is 0 Å². The summed E-state index contributed by atoms with van der Waals surface area (Å²) < 4.78 is 0. The lowest BCUT2D eigenvalue weighted by Gasteiger charge is -2.10. The number of carboxylic acid groups (broad SMARTS) is 1. The molecule has 0 spiro atoms. The van der Waals surface area contributed by atoms with E-state index in [0.717, 1.165) is 6.42 Å². The van der Waals surface area contributed by atoms with Crippen LogP contribution in [0.4, 0.5) is 0 Å². The molecule has 1 saturated carbocycles. The average molecular weight is 157 g/mol. The van der Waals surface area contributed by atoms with Gasteiger partial charge in [-0.3, -0.25) is 4.79 Å². The Morgan fingerprint density at radius 3 is 2.82 bits per heavy atom. The maximum atomic E-state index is 10.2. The fourth-order valence-electron chi connectivity index (χ4n) is 1.08. The summed E-state index contributed by atoms with van der Waals surface area (Å²) in [7, 11) is 0. The van der Waals surface area contributed by atoms with E-state index in [1.807, 2.05) is 6.92 Å². The monoisotopic (exact) mass is 157 g/mol. The Labute approximate surface area is 66.8 Å². The van der Waals surface area contributed by atoms with Crippen molar-refractivity contribution in [1.29, 1.82) is 0 Å². The minimum atomic E-state index is -0.700. The van der Waals surface area contributed by atoms with E-state index in [4.69, 9.17) is 5.11 Å². The van der Waals surface area contributed by atoms with Gasteiger partial charge in [-0.1, -0.05) is 0 Å². The predicted molar refractivity (Wildman–Crippen MR) is 42.5 cm³/mol. The Kier molecular flexibility index (Phi) is 2.88. The lowest BCUT2D eigenvalue weighted by Crippen LogP contribution is -2.28. The molecule has 3 nitrogen and oxygen atoms in total. The van der Waals surface area contributed by atoms with Gasteiger partial charge in [0.2, 0.25) is 0 Å². The summed E-state index contributed by atoms with van der Waals surface area (Å²) in [6.07, 6.45) is 3.54. The summed E-state index contributed by atoms with van der Waals surface area (Å²) in [6, 6.07) is 1.04. The van der Waals surface area contributed by atoms with E-state index in [1.165, 1.54) is 12.8 Å². The smallest absolute Gasteiger partial charge is 0.303 e. The Balaban J connectivity index is 1.99. The molecular formula is C8H15NO2. The Bertz CT molecular complexity index is 143. The van der Waals surface area contributed by atoms with E-state index in [2.05, 4.69) is 5.32 Å². The first-order valence-corrected chi connectivity index (χ1v) is 4.16. The van der Waals surface area contributed by atoms with Crippen molar-refractivity contribution in [1.82, 2.24) is 5.32 Å². The topological polar surface area (TPSA) is 49.3 Å². The summed E-state index contributed by atoms with van der Waals surface area (Å²) in [6.45, 7) is 2.04. The molecule has 0 bridgehead atoms. The molecule has 3 heteroatoms. The van der Waals surface area contributed by atoms with Crippen molar-refractivity contribution in [2.45, 2.75) is 44.7 Å². The van der Waals surface area contributed by atoms with Crippen LogP contribution in [-0.4, -0.2) is 23.2 Å². The van der Waals surface area contributed by atoms with E-state index >= 15 is 0 Å². The third-order valence-corrected chi connectivity index (χ3v) is 1.89. The van der Waals surface area contributed by atoms with Gasteiger partial charge in [0.05, 0.1) is 0 Å². The molecule has 64 valence electrons. The van der Waals surface area contributed by atoms with Crippen LogP contribution in [0.25, 0.3) is 0 Å². The van der Waals surface area contributed by atoms with Crippen LogP contribution in [0.15, 0.2) is 0 Å².